The van der Waals surface area contributed by atoms with Crippen molar-refractivity contribution in [2.45, 2.75) is 13.3 Å². The molecule has 0 atom stereocenters. The monoisotopic (exact) mass is 77.1 g/mol. The van der Waals surface area contributed by atoms with Gasteiger partial charge in [-0.25, -0.2) is 0 Å². The summed E-state index contributed by atoms with van der Waals surface area (Å²) in [5, 5.41) is 0. The van der Waals surface area contributed by atoms with Crippen LogP contribution in [0.2, 0.25) is 0 Å². The molecule has 0 saturated carbocycles. The van der Waals surface area contributed by atoms with Crippen LogP contribution < -0.4 is 5.73 Å². The Hall–Kier alpha value is -0.530. The highest BCUT2D eigenvalue weighted by Gasteiger charge is 1.77. The van der Waals surface area contributed by atoms with Crippen LogP contribution in [0, 0.1) is 0 Å². The van der Waals surface area contributed by atoms with Gasteiger partial charge in [-0.2, -0.15) is 0 Å². The van der Waals surface area contributed by atoms with E-state index in [-0.39, 0.29) is 5.91 Å². The highest BCUT2D eigenvalue weighted by Crippen LogP contribution is 1.63. The third-order valence-electron chi connectivity index (χ3n) is 0.348. The Morgan fingerprint density at radius 3 is 2.20 bits per heavy atom. The minimum atomic E-state index is -0.245. The summed E-state index contributed by atoms with van der Waals surface area (Å²) in [5.74, 6) is -0.245. The smallest absolute Gasteiger partial charge is 0.217 e. The number of carbonyl (C=O) groups excluding carboxylic acids is 1. The number of nitrogens with two attached hydrogens (primary N) is 1. The first kappa shape index (κ1) is 4.47. The van der Waals surface area contributed by atoms with Crippen molar-refractivity contribution in [3.05, 3.63) is 0 Å². The summed E-state index contributed by atoms with van der Waals surface area (Å²) in [6, 6.07) is 0. The second kappa shape index (κ2) is 1.76. The third kappa shape index (κ3) is 3.47. The van der Waals surface area contributed by atoms with Crippen LogP contribution in [0.3, 0.4) is 0 Å². The van der Waals surface area contributed by atoms with Gasteiger partial charge in [0, 0.05) is 6.42 Å². The molecule has 0 radical (unpaired) electrons. The number of rotatable bonds is 1. The number of carbonyl (C=O) groups is 1. The second-order valence-corrected chi connectivity index (χ2v) is 0.820. The van der Waals surface area contributed by atoms with Crippen molar-refractivity contribution in [1.29, 1.82) is 0 Å². The van der Waals surface area contributed by atoms with Gasteiger partial charge in [-0.15, -0.1) is 0 Å². The van der Waals surface area contributed by atoms with E-state index in [2.05, 4.69) is 5.73 Å². The molecule has 0 aliphatic carbocycles. The summed E-state index contributed by atoms with van der Waals surface area (Å²) in [5.41, 5.74) is 4.65. The topological polar surface area (TPSA) is 43.1 Å². The van der Waals surface area contributed by atoms with Gasteiger partial charge < -0.3 is 5.73 Å². The molecule has 2 heteroatoms. The summed E-state index contributed by atoms with van der Waals surface area (Å²) < 4.78 is 0. The lowest BCUT2D eigenvalue weighted by atomic mass is 11.5. The van der Waals surface area contributed by atoms with Crippen molar-refractivity contribution in [1.82, 2.24) is 0 Å². The molecule has 2 nitrogen and oxygen atoms in total. The van der Waals surface area contributed by atoms with Gasteiger partial charge in [0.15, 0.2) is 0 Å². The SMILES string of the molecule is [13CH3][13CH2][13C]([15NH2])=O. The summed E-state index contributed by atoms with van der Waals surface area (Å²) in [7, 11) is 0. The second-order valence-electron chi connectivity index (χ2n) is 0.820. The Balaban J connectivity index is 2.85. The predicted octanol–water partition coefficient (Wildman–Crippen LogP) is -0.118. The van der Waals surface area contributed by atoms with E-state index in [1.54, 1.807) is 6.92 Å². The van der Waals surface area contributed by atoms with Crippen LogP contribution in [0.4, 0.5) is 0 Å². The van der Waals surface area contributed by atoms with E-state index >= 15 is 0 Å². The lowest BCUT2D eigenvalue weighted by molar-refractivity contribution is -0.117. The normalized spacial score (nSPS) is 7.40. The first-order valence-corrected chi connectivity index (χ1v) is 1.55. The predicted molar refractivity (Wildman–Crippen MR) is 19.5 cm³/mol. The molecule has 5 heavy (non-hydrogen) atoms. The first-order valence-electron chi connectivity index (χ1n) is 1.55. The summed E-state index contributed by atoms with van der Waals surface area (Å²) in [6.45, 7) is 1.72. The molecule has 0 aromatic rings. The molecule has 1 amide bonds. The quantitative estimate of drug-likeness (QED) is 0.344. The zero-order valence-corrected chi connectivity index (χ0v) is 3.19. The highest BCUT2D eigenvalue weighted by atomic mass is 16.2. The first-order chi connectivity index (χ1) is 2.27. The molecule has 0 saturated heterocycles. The number of primary amides is 1. The lowest BCUT2D eigenvalue weighted by Gasteiger charge is -1.73. The van der Waals surface area contributed by atoms with E-state index < -0.39 is 0 Å². The van der Waals surface area contributed by atoms with Gasteiger partial charge in [-0.3, -0.25) is 4.79 Å². The zero-order chi connectivity index (χ0) is 4.28. The lowest BCUT2D eigenvalue weighted by Crippen LogP contribution is -2.06. The maximum atomic E-state index is 9.59. The molecule has 0 heterocycles. The molecule has 0 aliphatic heterocycles. The largest absolute Gasteiger partial charge is 0.370 e. The Kier molecular flexibility index (Phi) is 1.57. The Morgan fingerprint density at radius 2 is 2.20 bits per heavy atom. The molecular formula is C3H7NO. The van der Waals surface area contributed by atoms with Gasteiger partial charge in [-0.05, 0) is 0 Å². The number of amides is 1. The Morgan fingerprint density at radius 1 is 2.00 bits per heavy atom. The van der Waals surface area contributed by atoms with E-state index in [1.165, 1.54) is 0 Å². The van der Waals surface area contributed by atoms with Crippen molar-refractivity contribution in [2.75, 3.05) is 0 Å². The molecule has 0 bridgehead atoms. The number of hydrogen-bond donors (Lipinski definition) is 1. The maximum absolute atomic E-state index is 9.59. The van der Waals surface area contributed by atoms with Crippen LogP contribution >= 0.6 is 0 Å². The van der Waals surface area contributed by atoms with Crippen molar-refractivity contribution in [3.8, 4) is 0 Å². The molecule has 0 aliphatic rings. The van der Waals surface area contributed by atoms with Crippen molar-refractivity contribution in [3.63, 3.8) is 0 Å². The van der Waals surface area contributed by atoms with E-state index in [0.29, 0.717) is 6.42 Å². The molecule has 0 aromatic heterocycles. The van der Waals surface area contributed by atoms with E-state index in [4.69, 9.17) is 0 Å². The van der Waals surface area contributed by atoms with Gasteiger partial charge in [0.1, 0.15) is 0 Å². The molecule has 2 N–H and O–H groups in total. The van der Waals surface area contributed by atoms with E-state index in [9.17, 15) is 4.79 Å². The Bertz CT molecular complexity index is 42.2. The van der Waals surface area contributed by atoms with Gasteiger partial charge >= 0.3 is 0 Å². The minimum Gasteiger partial charge on any atom is -0.370 e. The van der Waals surface area contributed by atoms with Crippen molar-refractivity contribution >= 4 is 5.91 Å². The molecule has 30 valence electrons. The molecular weight excluding hydrogens is 70.0 g/mol. The fourth-order valence-electron chi connectivity index (χ4n) is 0. The third-order valence-corrected chi connectivity index (χ3v) is 0.348. The van der Waals surface area contributed by atoms with Gasteiger partial charge in [0.05, 0.1) is 0 Å². The molecule has 0 aromatic carbocycles. The van der Waals surface area contributed by atoms with Crippen LogP contribution in [-0.2, 0) is 4.79 Å². The fourth-order valence-corrected chi connectivity index (χ4v) is 0. The summed E-state index contributed by atoms with van der Waals surface area (Å²) >= 11 is 0. The van der Waals surface area contributed by atoms with Crippen LogP contribution in [0.1, 0.15) is 13.3 Å². The van der Waals surface area contributed by atoms with E-state index in [1.807, 2.05) is 0 Å². The molecule has 0 fully saturated rings. The average Bonchev–Trinajstić information content (AvgIpc) is 1.38. The van der Waals surface area contributed by atoms with Crippen LogP contribution in [0.25, 0.3) is 0 Å². The summed E-state index contributed by atoms with van der Waals surface area (Å²) in [4.78, 5) is 9.59. The van der Waals surface area contributed by atoms with Crippen LogP contribution in [0.15, 0.2) is 0 Å². The molecule has 0 rings (SSSR count). The standard InChI is InChI=1S/C3H7NO/c1-2-3(4)5/h2H2,1H3,(H2,4,5)/i1+1,2+1,3+1,4+1. The van der Waals surface area contributed by atoms with Crippen molar-refractivity contribution in [2.24, 2.45) is 5.73 Å². The highest BCUT2D eigenvalue weighted by molar-refractivity contribution is 5.73. The average molecular weight is 77.1 g/mol. The Labute approximate surface area is 31.0 Å². The fraction of sp³-hybridized carbons (Fsp3) is 0.667. The zero-order valence-electron chi connectivity index (χ0n) is 3.19. The molecule has 0 spiro atoms. The summed E-state index contributed by atoms with van der Waals surface area (Å²) in [6.07, 6.45) is 0.444. The van der Waals surface area contributed by atoms with Gasteiger partial charge in [0.2, 0.25) is 5.91 Å². The van der Waals surface area contributed by atoms with Crippen LogP contribution in [0.5, 0.6) is 0 Å². The molecule has 0 unspecified atom stereocenters. The van der Waals surface area contributed by atoms with Gasteiger partial charge in [0.25, 0.3) is 0 Å². The maximum Gasteiger partial charge on any atom is 0.217 e. The minimum absolute atomic E-state index is 0.245. The van der Waals surface area contributed by atoms with E-state index in [0.717, 1.165) is 0 Å². The number of hydrogen-bond acceptors (Lipinski definition) is 1. The van der Waals surface area contributed by atoms with Gasteiger partial charge in [-0.1, -0.05) is 6.92 Å². The van der Waals surface area contributed by atoms with Crippen molar-refractivity contribution < 1.29 is 4.79 Å². The van der Waals surface area contributed by atoms with Crippen LogP contribution in [-0.4, -0.2) is 5.91 Å².